The second kappa shape index (κ2) is 17.1. The quantitative estimate of drug-likeness (QED) is 0.168. The van der Waals surface area contributed by atoms with Crippen molar-refractivity contribution in [3.05, 3.63) is 55.0 Å². The zero-order valence-corrected chi connectivity index (χ0v) is 36.8. The largest absolute Gasteiger partial charge is 0.553 e. The van der Waals surface area contributed by atoms with Gasteiger partial charge in [0.05, 0.1) is 25.9 Å². The normalized spacial score (nSPS) is 11.6. The molecule has 3 N–H and O–H groups in total. The van der Waals surface area contributed by atoms with Crippen LogP contribution in [0.5, 0.6) is 5.75 Å². The first kappa shape index (κ1) is 30.7. The predicted octanol–water partition coefficient (Wildman–Crippen LogP) is 0.505. The van der Waals surface area contributed by atoms with E-state index in [-0.39, 0.29) is 39.6 Å². The summed E-state index contributed by atoms with van der Waals surface area (Å²) in [5, 5.41) is 27.4. The Hall–Kier alpha value is -5.01. The van der Waals surface area contributed by atoms with Crippen LogP contribution in [0.3, 0.4) is 0 Å². The third-order valence-electron chi connectivity index (χ3n) is 3.20. The monoisotopic (exact) mass is 1200 g/mol. The molecule has 0 saturated carbocycles. The van der Waals surface area contributed by atoms with Crippen LogP contribution in [0.25, 0.3) is 11.0 Å². The van der Waals surface area contributed by atoms with Gasteiger partial charge in [-0.05, 0) is 18.2 Å². The van der Waals surface area contributed by atoms with E-state index in [2.05, 4.69) is 23.7 Å². The molecule has 0 aliphatic rings. The van der Waals surface area contributed by atoms with Crippen LogP contribution in [0.2, 0.25) is 0 Å². The van der Waals surface area contributed by atoms with Crippen LogP contribution in [-0.4, -0.2) is 67.2 Å². The molecule has 0 aliphatic heterocycles. The SMILES string of the molecule is [CH2-]OCC(O)COCCO.[CH2-]OCC(O)COc1ccc2ccc(=O)oc2c1.[Rf].[Rf].[Rf]. The molecule has 1 aromatic heterocycles. The first-order chi connectivity index (χ1) is 13.5. The maximum Gasteiger partial charge on any atom is 0.336 e. The molecule has 1 aromatic carbocycles. The summed E-state index contributed by atoms with van der Waals surface area (Å²) in [6, 6.07) is 8.15. The van der Waals surface area contributed by atoms with Crippen LogP contribution in [0.4, 0.5) is 0 Å². The zero-order valence-electron chi connectivity index (χ0n) is 17.6. The molecular weight excluding hydrogens is 1170 g/mol. The second-order valence-electron chi connectivity index (χ2n) is 5.61. The van der Waals surface area contributed by atoms with E-state index in [1.165, 1.54) is 6.07 Å². The van der Waals surface area contributed by atoms with Crippen molar-refractivity contribution in [1.82, 2.24) is 0 Å². The van der Waals surface area contributed by atoms with Gasteiger partial charge in [-0.2, -0.15) is 0 Å². The van der Waals surface area contributed by atoms with Gasteiger partial charge in [0.1, 0.15) is 24.0 Å². The Labute approximate surface area is 163 Å². The van der Waals surface area contributed by atoms with E-state index < -0.39 is 17.8 Å². The third-order valence-corrected chi connectivity index (χ3v) is 3.20. The summed E-state index contributed by atoms with van der Waals surface area (Å²) in [7, 11) is 6.25. The minimum atomic E-state index is -0.749. The van der Waals surface area contributed by atoms with Crippen LogP contribution in [0.1, 0.15) is 0 Å². The topological polar surface area (TPSA) is 128 Å². The van der Waals surface area contributed by atoms with Gasteiger partial charge in [0.2, 0.25) is 0 Å². The van der Waals surface area contributed by atoms with Gasteiger partial charge in [-0.3, -0.25) is 0 Å². The van der Waals surface area contributed by atoms with Crippen LogP contribution in [0, 0.1) is 14.2 Å². The van der Waals surface area contributed by atoms with Gasteiger partial charge < -0.3 is 38.7 Å². The molecule has 0 amide bonds. The molecule has 2 aromatic rings. The summed E-state index contributed by atoms with van der Waals surface area (Å²) in [5.41, 5.74) is 0.0352. The van der Waals surface area contributed by atoms with Gasteiger partial charge in [-0.25, -0.2) is 19.0 Å². The number of aliphatic hydroxyl groups is 3. The molecule has 1 heterocycles. The molecule has 0 fully saturated rings. The molecule has 2 unspecified atom stereocenters. The average molecular weight is 1200 g/mol. The molecule has 0 bridgehead atoms. The summed E-state index contributed by atoms with van der Waals surface area (Å²) in [6.45, 7) is 0.731. The number of hydrogen-bond acceptors (Lipinski definition) is 9. The molecule has 12 heteroatoms. The van der Waals surface area contributed by atoms with E-state index >= 15 is 0 Å². The molecule has 9 nitrogen and oxygen atoms in total. The van der Waals surface area contributed by atoms with Gasteiger partial charge in [0, 0.05) is 30.7 Å². The molecule has 31 heavy (non-hydrogen) atoms. The van der Waals surface area contributed by atoms with Gasteiger partial charge in [-0.1, -0.05) is 0 Å². The average Bonchev–Trinajstić information content (AvgIpc) is 2.67. The third kappa shape index (κ3) is 12.1. The fourth-order valence-corrected chi connectivity index (χ4v) is 1.98. The van der Waals surface area contributed by atoms with Crippen LogP contribution < -0.4 is 10.4 Å². The molecule has 2 atom stereocenters. The van der Waals surface area contributed by atoms with E-state index in [0.717, 1.165) is 5.39 Å². The van der Waals surface area contributed by atoms with Crippen LogP contribution >= 0.6 is 0 Å². The Morgan fingerprint density at radius 2 is 1.48 bits per heavy atom. The van der Waals surface area contributed by atoms with Gasteiger partial charge in [0.15, 0.2) is 0 Å². The molecule has 164 valence electrons. The Bertz CT molecular complexity index is 730. The smallest absolute Gasteiger partial charge is 0.336 e. The summed E-state index contributed by atoms with van der Waals surface area (Å²) >= 11 is 0. The van der Waals surface area contributed by atoms with Crippen molar-refractivity contribution in [2.45, 2.75) is 12.2 Å². The molecule has 0 aliphatic carbocycles. The van der Waals surface area contributed by atoms with Crippen molar-refractivity contribution < 1.29 is 38.7 Å². The minimum absolute atomic E-state index is 0. The summed E-state index contributed by atoms with van der Waals surface area (Å²) in [5.74, 6) is 0.514. The van der Waals surface area contributed by atoms with Crippen molar-refractivity contribution >= 4 is 11.0 Å². The van der Waals surface area contributed by atoms with E-state index in [0.29, 0.717) is 11.3 Å². The van der Waals surface area contributed by atoms with E-state index in [1.54, 1.807) is 24.3 Å². The summed E-state index contributed by atoms with van der Waals surface area (Å²) in [6.07, 6.45) is -1.40. The Morgan fingerprint density at radius 3 is 2.06 bits per heavy atom. The Balaban J connectivity index is -0.000000529. The number of rotatable bonds is 11. The Morgan fingerprint density at radius 1 is 0.903 bits per heavy atom. The zero-order chi connectivity index (χ0) is 20.8. The number of hydrogen-bond donors (Lipinski definition) is 3. The summed E-state index contributed by atoms with van der Waals surface area (Å²) in [4.78, 5) is 11.1. The minimum Gasteiger partial charge on any atom is -0.553 e. The van der Waals surface area contributed by atoms with Gasteiger partial charge in [-0.15, -0.1) is 0 Å². The molecule has 0 spiro atoms. The number of benzene rings is 1. The van der Waals surface area contributed by atoms with Crippen LogP contribution in [0.15, 0.2) is 39.5 Å². The fourth-order valence-electron chi connectivity index (χ4n) is 1.98. The van der Waals surface area contributed by atoms with E-state index in [4.69, 9.17) is 24.1 Å². The van der Waals surface area contributed by atoms with Crippen molar-refractivity contribution in [1.29, 1.82) is 0 Å². The molecule has 0 radical (unpaired) electrons. The van der Waals surface area contributed by atoms with Crippen molar-refractivity contribution in [2.24, 2.45) is 0 Å². The molecular formula is C19H26O9Rf3-2. The van der Waals surface area contributed by atoms with Crippen LogP contribution in [-0.2, 0) is 14.2 Å². The second-order valence-corrected chi connectivity index (χ2v) is 5.61. The molecule has 0 saturated heterocycles. The van der Waals surface area contributed by atoms with Gasteiger partial charge in [0.25, 0.3) is 0 Å². The standard InChI is InChI=1S/C13H13O5.C6H13O4.3Rf/c1-16-7-10(14)8-17-11-4-2-9-3-5-13(15)18-12(9)6-11;1-9-4-6(8)5-10-3-2-7;;;/h2-6,10,14H,1,7-8H2;6-8H,1-5H2;;;/q2*-1;;;. The predicted molar refractivity (Wildman–Crippen MR) is 101 cm³/mol. The first-order valence-corrected chi connectivity index (χ1v) is 8.45. The van der Waals surface area contributed by atoms with Crippen molar-refractivity contribution in [2.75, 3.05) is 39.6 Å². The number of fused-ring (bicyclic) bond motifs is 1. The van der Waals surface area contributed by atoms with E-state index in [1.807, 2.05) is 0 Å². The van der Waals surface area contributed by atoms with Crippen molar-refractivity contribution in [3.63, 3.8) is 0 Å². The number of aliphatic hydroxyl groups excluding tert-OH is 3. The summed E-state index contributed by atoms with van der Waals surface area (Å²) < 4.78 is 24.1. The van der Waals surface area contributed by atoms with Gasteiger partial charge >= 0.3 is 5.63 Å². The maximum absolute atomic E-state index is 11.1. The maximum atomic E-state index is 11.1. The molecule has 2 rings (SSSR count). The first-order valence-electron chi connectivity index (χ1n) is 8.45. The van der Waals surface area contributed by atoms with E-state index in [9.17, 15) is 9.90 Å². The van der Waals surface area contributed by atoms with Crippen molar-refractivity contribution in [3.8, 4) is 5.75 Å². The Kier molecular flexibility index (Phi) is 17.0. The number of ether oxygens (including phenoxy) is 4. The fraction of sp³-hybridized carbons (Fsp3) is 0.421.